The molecule has 2 N–H and O–H groups in total. The first-order valence-corrected chi connectivity index (χ1v) is 8.13. The Labute approximate surface area is 145 Å². The van der Waals surface area contributed by atoms with Crippen LogP contribution in [0.25, 0.3) is 11.0 Å². The number of hydrogen-bond donors (Lipinski definition) is 1. The second kappa shape index (κ2) is 6.85. The standard InChI is InChI=1S/C18H22N2O5/c1-12-7-14-8-13(3-4-15(14)25-12)17(22)20-5-6-24-11-18(10-20,23-2)9-16(19)21/h3-4,7-8H,5-6,9-11H2,1-2H3,(H2,19,21). The molecule has 3 rings (SSSR count). The maximum absolute atomic E-state index is 13.0. The summed E-state index contributed by atoms with van der Waals surface area (Å²) >= 11 is 0. The van der Waals surface area contributed by atoms with Gasteiger partial charge < -0.3 is 24.5 Å². The van der Waals surface area contributed by atoms with E-state index in [1.54, 1.807) is 17.0 Å². The third-order valence-corrected chi connectivity index (χ3v) is 4.45. The maximum Gasteiger partial charge on any atom is 0.254 e. The van der Waals surface area contributed by atoms with E-state index in [0.717, 1.165) is 16.7 Å². The van der Waals surface area contributed by atoms with Gasteiger partial charge in [0.2, 0.25) is 5.91 Å². The summed E-state index contributed by atoms with van der Waals surface area (Å²) < 4.78 is 16.6. The molecule has 1 fully saturated rings. The van der Waals surface area contributed by atoms with Crippen LogP contribution in [0.4, 0.5) is 0 Å². The third kappa shape index (κ3) is 3.67. The summed E-state index contributed by atoms with van der Waals surface area (Å²) in [5.74, 6) is 0.162. The molecule has 1 saturated heterocycles. The van der Waals surface area contributed by atoms with Gasteiger partial charge in [0.25, 0.3) is 5.91 Å². The first-order chi connectivity index (χ1) is 11.9. The van der Waals surface area contributed by atoms with Crippen LogP contribution in [0.3, 0.4) is 0 Å². The van der Waals surface area contributed by atoms with E-state index in [1.807, 2.05) is 19.1 Å². The van der Waals surface area contributed by atoms with E-state index < -0.39 is 11.5 Å². The van der Waals surface area contributed by atoms with Gasteiger partial charge in [-0.05, 0) is 31.2 Å². The topological polar surface area (TPSA) is 95.0 Å². The minimum absolute atomic E-state index is 0.00671. The number of rotatable bonds is 4. The van der Waals surface area contributed by atoms with Crippen molar-refractivity contribution in [1.29, 1.82) is 0 Å². The van der Waals surface area contributed by atoms with Gasteiger partial charge in [0.15, 0.2) is 0 Å². The van der Waals surface area contributed by atoms with Crippen molar-refractivity contribution in [1.82, 2.24) is 4.90 Å². The van der Waals surface area contributed by atoms with Crippen molar-refractivity contribution < 1.29 is 23.5 Å². The van der Waals surface area contributed by atoms with Gasteiger partial charge in [-0.1, -0.05) is 0 Å². The van der Waals surface area contributed by atoms with E-state index in [0.29, 0.717) is 18.7 Å². The van der Waals surface area contributed by atoms with Gasteiger partial charge in [-0.25, -0.2) is 0 Å². The first-order valence-electron chi connectivity index (χ1n) is 8.13. The Morgan fingerprint density at radius 1 is 1.36 bits per heavy atom. The second-order valence-corrected chi connectivity index (χ2v) is 6.42. The zero-order valence-electron chi connectivity index (χ0n) is 14.4. The molecule has 0 radical (unpaired) electrons. The lowest BCUT2D eigenvalue weighted by Crippen LogP contribution is -2.50. The van der Waals surface area contributed by atoms with Crippen molar-refractivity contribution in [3.05, 3.63) is 35.6 Å². The van der Waals surface area contributed by atoms with Crippen LogP contribution in [-0.2, 0) is 14.3 Å². The van der Waals surface area contributed by atoms with E-state index >= 15 is 0 Å². The molecule has 0 saturated carbocycles. The van der Waals surface area contributed by atoms with Gasteiger partial charge in [0.1, 0.15) is 16.9 Å². The lowest BCUT2D eigenvalue weighted by molar-refractivity contribution is -0.129. The van der Waals surface area contributed by atoms with Crippen LogP contribution in [0.5, 0.6) is 0 Å². The number of carbonyl (C=O) groups is 2. The molecule has 2 aromatic rings. The number of nitrogens with two attached hydrogens (primary N) is 1. The summed E-state index contributed by atoms with van der Waals surface area (Å²) in [4.78, 5) is 26.0. The average Bonchev–Trinajstić information content (AvgIpc) is 2.81. The minimum Gasteiger partial charge on any atom is -0.461 e. The summed E-state index contributed by atoms with van der Waals surface area (Å²) in [5, 5.41) is 0.879. The Morgan fingerprint density at radius 3 is 2.88 bits per heavy atom. The fraction of sp³-hybridized carbons (Fsp3) is 0.444. The summed E-state index contributed by atoms with van der Waals surface area (Å²) in [6.45, 7) is 3.13. The number of fused-ring (bicyclic) bond motifs is 1. The lowest BCUT2D eigenvalue weighted by Gasteiger charge is -2.33. The molecular weight excluding hydrogens is 324 g/mol. The van der Waals surface area contributed by atoms with Crippen molar-refractivity contribution in [2.75, 3.05) is 33.4 Å². The molecule has 1 aromatic heterocycles. The van der Waals surface area contributed by atoms with Crippen LogP contribution in [0.15, 0.2) is 28.7 Å². The van der Waals surface area contributed by atoms with Crippen LogP contribution >= 0.6 is 0 Å². The molecule has 7 heteroatoms. The van der Waals surface area contributed by atoms with E-state index in [-0.39, 0.29) is 25.5 Å². The highest BCUT2D eigenvalue weighted by Crippen LogP contribution is 2.24. The normalized spacial score (nSPS) is 21.3. The molecular formula is C18H22N2O5. The minimum atomic E-state index is -0.922. The first kappa shape index (κ1) is 17.4. The largest absolute Gasteiger partial charge is 0.461 e. The van der Waals surface area contributed by atoms with Gasteiger partial charge in [0, 0.05) is 24.6 Å². The van der Waals surface area contributed by atoms with Crippen LogP contribution in [0.2, 0.25) is 0 Å². The molecule has 2 heterocycles. The summed E-state index contributed by atoms with van der Waals surface area (Å²) in [7, 11) is 1.50. The highest BCUT2D eigenvalue weighted by molar-refractivity contribution is 5.98. The van der Waals surface area contributed by atoms with Crippen LogP contribution in [0.1, 0.15) is 22.5 Å². The van der Waals surface area contributed by atoms with Crippen molar-refractivity contribution in [3.8, 4) is 0 Å². The molecule has 1 atom stereocenters. The second-order valence-electron chi connectivity index (χ2n) is 6.42. The predicted octanol–water partition coefficient (Wildman–Crippen LogP) is 1.47. The number of ether oxygens (including phenoxy) is 2. The number of furan rings is 1. The molecule has 134 valence electrons. The lowest BCUT2D eigenvalue weighted by atomic mass is 9.99. The fourth-order valence-corrected chi connectivity index (χ4v) is 3.19. The van der Waals surface area contributed by atoms with Crippen molar-refractivity contribution >= 4 is 22.8 Å². The zero-order valence-corrected chi connectivity index (χ0v) is 14.4. The van der Waals surface area contributed by atoms with Gasteiger partial charge in [-0.2, -0.15) is 0 Å². The quantitative estimate of drug-likeness (QED) is 0.905. The Hall–Kier alpha value is -2.38. The molecule has 7 nitrogen and oxygen atoms in total. The van der Waals surface area contributed by atoms with Crippen LogP contribution in [0, 0.1) is 6.92 Å². The Balaban J connectivity index is 1.86. The van der Waals surface area contributed by atoms with Crippen molar-refractivity contribution in [2.24, 2.45) is 5.73 Å². The Morgan fingerprint density at radius 2 is 2.16 bits per heavy atom. The molecule has 1 unspecified atom stereocenters. The SMILES string of the molecule is COC1(CC(N)=O)COCCN(C(=O)c2ccc3oc(C)cc3c2)C1. The van der Waals surface area contributed by atoms with Crippen molar-refractivity contribution in [3.63, 3.8) is 0 Å². The number of carbonyl (C=O) groups excluding carboxylic acids is 2. The van der Waals surface area contributed by atoms with E-state index in [4.69, 9.17) is 19.6 Å². The summed E-state index contributed by atoms with van der Waals surface area (Å²) in [6, 6.07) is 7.23. The van der Waals surface area contributed by atoms with Crippen molar-refractivity contribution in [2.45, 2.75) is 18.9 Å². The monoisotopic (exact) mass is 346 g/mol. The average molecular weight is 346 g/mol. The van der Waals surface area contributed by atoms with Gasteiger partial charge in [-0.3, -0.25) is 9.59 Å². The number of nitrogens with zero attached hydrogens (tertiary/aromatic N) is 1. The maximum atomic E-state index is 13.0. The molecule has 1 aromatic carbocycles. The molecule has 0 aliphatic carbocycles. The van der Waals surface area contributed by atoms with E-state index in [9.17, 15) is 9.59 Å². The van der Waals surface area contributed by atoms with Gasteiger partial charge in [-0.15, -0.1) is 0 Å². The van der Waals surface area contributed by atoms with Crippen LogP contribution < -0.4 is 5.73 Å². The highest BCUT2D eigenvalue weighted by Gasteiger charge is 2.38. The molecule has 2 amide bonds. The highest BCUT2D eigenvalue weighted by atomic mass is 16.5. The number of amides is 2. The number of hydrogen-bond acceptors (Lipinski definition) is 5. The molecule has 0 bridgehead atoms. The van der Waals surface area contributed by atoms with E-state index in [1.165, 1.54) is 7.11 Å². The summed E-state index contributed by atoms with van der Waals surface area (Å²) in [5.41, 5.74) is 5.72. The Bertz CT molecular complexity index is 800. The number of methoxy groups -OCH3 is 1. The number of aryl methyl sites for hydroxylation is 1. The Kier molecular flexibility index (Phi) is 4.78. The summed E-state index contributed by atoms with van der Waals surface area (Å²) in [6.07, 6.45) is -0.00671. The number of benzene rings is 1. The smallest absolute Gasteiger partial charge is 0.254 e. The third-order valence-electron chi connectivity index (χ3n) is 4.45. The van der Waals surface area contributed by atoms with Gasteiger partial charge >= 0.3 is 0 Å². The fourth-order valence-electron chi connectivity index (χ4n) is 3.19. The predicted molar refractivity (Wildman–Crippen MR) is 91.2 cm³/mol. The van der Waals surface area contributed by atoms with E-state index in [2.05, 4.69) is 0 Å². The zero-order chi connectivity index (χ0) is 18.0. The number of primary amides is 1. The van der Waals surface area contributed by atoms with Crippen LogP contribution in [-0.4, -0.2) is 55.7 Å². The molecule has 1 aliphatic rings. The van der Waals surface area contributed by atoms with Gasteiger partial charge in [0.05, 0.1) is 26.2 Å². The molecule has 1 aliphatic heterocycles. The molecule has 0 spiro atoms. The molecule has 25 heavy (non-hydrogen) atoms.